The first-order chi connectivity index (χ1) is 23.8. The van der Waals surface area contributed by atoms with Crippen molar-refractivity contribution >= 4 is 17.3 Å². The van der Waals surface area contributed by atoms with E-state index >= 15 is 0 Å². The third-order valence-corrected chi connectivity index (χ3v) is 15.8. The molecule has 9 heteroatoms. The molecule has 0 unspecified atom stereocenters. The Morgan fingerprint density at radius 3 is 2.67 bits per heavy atom. The van der Waals surface area contributed by atoms with Gasteiger partial charge in [0.2, 0.25) is 0 Å². The van der Waals surface area contributed by atoms with Crippen LogP contribution in [0.3, 0.4) is 0 Å². The lowest BCUT2D eigenvalue weighted by molar-refractivity contribution is -0.159. The van der Waals surface area contributed by atoms with E-state index in [0.717, 1.165) is 68.6 Å². The van der Waals surface area contributed by atoms with E-state index in [1.54, 1.807) is 0 Å². The van der Waals surface area contributed by atoms with Gasteiger partial charge in [-0.25, -0.2) is 4.79 Å². The summed E-state index contributed by atoms with van der Waals surface area (Å²) in [7, 11) is 1.51. The van der Waals surface area contributed by atoms with Crippen LogP contribution in [0.5, 0.6) is 0 Å². The molecule has 6 fully saturated rings. The molecule has 7 heterocycles. The van der Waals surface area contributed by atoms with Gasteiger partial charge >= 0.3 is 5.97 Å². The molecule has 0 amide bonds. The topological polar surface area (TPSA) is 110 Å². The number of nitrogens with one attached hydrogen (secondary N) is 2. The molecule has 1 saturated carbocycles. The molecule has 5 saturated heterocycles. The summed E-state index contributed by atoms with van der Waals surface area (Å²) in [6.07, 6.45) is 5.24. The first-order valence-electron chi connectivity index (χ1n) is 18.9. The Labute approximate surface area is 288 Å². The van der Waals surface area contributed by atoms with E-state index in [1.165, 1.54) is 29.5 Å². The third kappa shape index (κ3) is 3.22. The maximum Gasteiger partial charge on any atom is 0.335 e. The average molecular weight is 665 g/mol. The van der Waals surface area contributed by atoms with Gasteiger partial charge in [0.15, 0.2) is 0 Å². The van der Waals surface area contributed by atoms with Crippen LogP contribution in [0.4, 0.5) is 11.4 Å². The number of epoxide rings is 1. The van der Waals surface area contributed by atoms with E-state index < -0.39 is 12.2 Å². The first kappa shape index (κ1) is 29.7. The monoisotopic (exact) mass is 664 g/mol. The molecule has 11 rings (SSSR count). The Bertz CT molecular complexity index is 1850. The van der Waals surface area contributed by atoms with E-state index in [4.69, 9.17) is 9.47 Å². The van der Waals surface area contributed by atoms with Gasteiger partial charge in [-0.2, -0.15) is 0 Å². The summed E-state index contributed by atoms with van der Waals surface area (Å²) in [5, 5.41) is 30.3. The number of aliphatic hydroxyl groups excluding tert-OH is 2. The Kier molecular flexibility index (Phi) is 5.75. The molecule has 2 aromatic rings. The number of methoxy groups -OCH3 is 1. The smallest absolute Gasteiger partial charge is 0.335 e. The summed E-state index contributed by atoms with van der Waals surface area (Å²) >= 11 is 0. The van der Waals surface area contributed by atoms with E-state index in [-0.39, 0.29) is 58.1 Å². The Morgan fingerprint density at radius 1 is 1.02 bits per heavy atom. The summed E-state index contributed by atoms with van der Waals surface area (Å²) in [6, 6.07) is 16.4. The van der Waals surface area contributed by atoms with Crippen molar-refractivity contribution in [2.45, 2.75) is 118 Å². The van der Waals surface area contributed by atoms with Crippen molar-refractivity contribution < 1.29 is 24.5 Å². The molecule has 0 aromatic heterocycles. The zero-order chi connectivity index (χ0) is 33.2. The van der Waals surface area contributed by atoms with Crippen LogP contribution in [0.15, 0.2) is 53.7 Å². The van der Waals surface area contributed by atoms with Crippen LogP contribution >= 0.6 is 0 Å². The van der Waals surface area contributed by atoms with Crippen molar-refractivity contribution in [3.05, 3.63) is 70.4 Å². The third-order valence-electron chi connectivity index (χ3n) is 15.8. The minimum absolute atomic E-state index is 0.0869. The number of aliphatic hydroxyl groups is 2. The average Bonchev–Trinajstić information content (AvgIpc) is 3.41. The highest BCUT2D eigenvalue weighted by Gasteiger charge is 2.76. The number of anilines is 2. The van der Waals surface area contributed by atoms with Gasteiger partial charge in [-0.15, -0.1) is 0 Å². The van der Waals surface area contributed by atoms with E-state index in [1.807, 2.05) is 0 Å². The molecule has 7 aliphatic heterocycles. The summed E-state index contributed by atoms with van der Waals surface area (Å²) in [4.78, 5) is 18.8. The molecular formula is C40H48N4O5. The Hall–Kier alpha value is -2.95. The highest BCUT2D eigenvalue weighted by molar-refractivity contribution is 5.93. The summed E-state index contributed by atoms with van der Waals surface area (Å²) in [5.41, 5.74) is 7.39. The molecule has 12 atom stereocenters. The minimum atomic E-state index is -0.685. The maximum absolute atomic E-state index is 13.5. The normalized spacial score (nSPS) is 46.4. The zero-order valence-electron chi connectivity index (χ0n) is 28.7. The molecule has 0 bridgehead atoms. The molecule has 2 spiro atoms. The number of hydrogen-bond acceptors (Lipinski definition) is 9. The van der Waals surface area contributed by atoms with Gasteiger partial charge in [0.05, 0.1) is 48.0 Å². The first-order valence-corrected chi connectivity index (χ1v) is 18.9. The molecule has 9 aliphatic rings. The number of benzene rings is 2. The van der Waals surface area contributed by atoms with E-state index in [9.17, 15) is 15.0 Å². The van der Waals surface area contributed by atoms with Gasteiger partial charge in [-0.1, -0.05) is 44.2 Å². The van der Waals surface area contributed by atoms with Crippen LogP contribution in [-0.4, -0.2) is 94.8 Å². The van der Waals surface area contributed by atoms with Crippen LogP contribution in [0.1, 0.15) is 87.4 Å². The van der Waals surface area contributed by atoms with Crippen molar-refractivity contribution in [3.63, 3.8) is 0 Å². The highest BCUT2D eigenvalue weighted by atomic mass is 16.6. The number of para-hydroxylation sites is 1. The van der Waals surface area contributed by atoms with Gasteiger partial charge in [0.1, 0.15) is 6.10 Å². The van der Waals surface area contributed by atoms with Crippen LogP contribution in [0, 0.1) is 10.8 Å². The van der Waals surface area contributed by atoms with Gasteiger partial charge in [-0.05, 0) is 80.3 Å². The van der Waals surface area contributed by atoms with Crippen LogP contribution in [0.25, 0.3) is 0 Å². The Balaban J connectivity index is 1.01. The lowest BCUT2D eigenvalue weighted by Gasteiger charge is -2.59. The molecule has 49 heavy (non-hydrogen) atoms. The van der Waals surface area contributed by atoms with Gasteiger partial charge < -0.3 is 30.3 Å². The second kappa shape index (κ2) is 9.48. The number of esters is 1. The number of carbonyl (C=O) groups excluding carboxylic acids is 1. The molecule has 2 aliphatic carbocycles. The van der Waals surface area contributed by atoms with Crippen molar-refractivity contribution in [1.29, 1.82) is 0 Å². The maximum atomic E-state index is 13.5. The number of piperidine rings is 3. The predicted molar refractivity (Wildman–Crippen MR) is 184 cm³/mol. The molecule has 0 radical (unpaired) electrons. The molecule has 2 aromatic carbocycles. The second-order valence-electron chi connectivity index (χ2n) is 17.0. The molecular weight excluding hydrogens is 616 g/mol. The number of rotatable bonds is 4. The lowest BCUT2D eigenvalue weighted by atomic mass is 9.53. The minimum Gasteiger partial charge on any atom is -0.466 e. The number of ether oxygens (including phenoxy) is 2. The Morgan fingerprint density at radius 2 is 1.86 bits per heavy atom. The highest BCUT2D eigenvalue weighted by Crippen LogP contribution is 2.72. The molecule has 9 nitrogen and oxygen atoms in total. The SMILES string of the molecule is CC[C@@]12CC[C@@]34Nc5ccc([C@@H]6[C@H]7O[C@H]7[C@]7(CC)CC(C(=O)OC)=C8Nc9ccccc9[C@@]89CCN6[C@@H]79)cc5[C@@H]3CCN(C[C@H](O)[C@H]1O)[C@@H]24. The van der Waals surface area contributed by atoms with Gasteiger partial charge in [0, 0.05) is 59.0 Å². The number of fused-ring (bicyclic) bond motifs is 5. The number of carbonyl (C=O) groups is 1. The van der Waals surface area contributed by atoms with Gasteiger partial charge in [0.25, 0.3) is 0 Å². The van der Waals surface area contributed by atoms with Crippen LogP contribution in [0.2, 0.25) is 0 Å². The standard InChI is InChI=1S/C40H48N4O5/c1-4-37-13-14-40-24(12-16-43(36(37)40)20-28(45)32(37)46)22-18-21(10-11-26(22)42-40)29-30-33(49-30)38(5-2)19-23(34(47)48-3)31-39(15-17-44(29)35(38)39)25-8-6-7-9-27(25)41-31/h6-11,18,24,28-30,32-33,35-36,41-42,45-46H,4-5,12-17,19-20H2,1-3H3/t24-,28-,29+,30+,32+,33+,35-,36-,37+,38-,39-,40+/m0/s1. The fourth-order valence-electron chi connectivity index (χ4n) is 14.0. The number of hydrogen-bond donors (Lipinski definition) is 4. The molecule has 258 valence electrons. The summed E-state index contributed by atoms with van der Waals surface area (Å²) < 4.78 is 12.3. The molecule has 4 N–H and O–H groups in total. The summed E-state index contributed by atoms with van der Waals surface area (Å²) in [5.74, 6) is 0.153. The van der Waals surface area contributed by atoms with Crippen molar-refractivity contribution in [2.24, 2.45) is 10.8 Å². The van der Waals surface area contributed by atoms with Gasteiger partial charge in [-0.3, -0.25) is 9.80 Å². The zero-order valence-corrected chi connectivity index (χ0v) is 28.7. The van der Waals surface area contributed by atoms with Crippen LogP contribution < -0.4 is 10.6 Å². The number of nitrogens with zero attached hydrogens (tertiary/aromatic N) is 2. The fraction of sp³-hybridized carbons (Fsp3) is 0.625. The quantitative estimate of drug-likeness (QED) is 0.279. The predicted octanol–water partition coefficient (Wildman–Crippen LogP) is 4.42. The van der Waals surface area contributed by atoms with Crippen molar-refractivity contribution in [1.82, 2.24) is 9.80 Å². The fourth-order valence-corrected chi connectivity index (χ4v) is 14.0. The van der Waals surface area contributed by atoms with Crippen molar-refractivity contribution in [3.8, 4) is 0 Å². The second-order valence-corrected chi connectivity index (χ2v) is 17.0. The summed E-state index contributed by atoms with van der Waals surface area (Å²) in [6.45, 7) is 6.94. The lowest BCUT2D eigenvalue weighted by Crippen LogP contribution is -2.71. The van der Waals surface area contributed by atoms with E-state index in [0.29, 0.717) is 18.9 Å². The van der Waals surface area contributed by atoms with Crippen LogP contribution in [-0.2, 0) is 19.7 Å². The van der Waals surface area contributed by atoms with E-state index in [2.05, 4.69) is 76.7 Å². The van der Waals surface area contributed by atoms with Crippen molar-refractivity contribution in [2.75, 3.05) is 37.4 Å². The largest absolute Gasteiger partial charge is 0.466 e.